The first kappa shape index (κ1) is 54.7. The van der Waals surface area contributed by atoms with E-state index in [9.17, 15) is 53.1 Å². The van der Waals surface area contributed by atoms with Crippen molar-refractivity contribution in [3.63, 3.8) is 0 Å². The van der Waals surface area contributed by atoms with Gasteiger partial charge in [0, 0.05) is 41.8 Å². The van der Waals surface area contributed by atoms with Crippen molar-refractivity contribution in [2.45, 2.75) is 101 Å². The minimum absolute atomic E-state index is 0.0188. The SMILES string of the molecule is CSCC[C@H](NC(=O)[C@H](CC(N)=O)NC(=O)[C@H](Cc1c[nH]c2ccccc12)NC(=O)[C@H](CC(=O)O)NC(=O)[C@@H](N)CCSC)C(=O)N[C@@H](Cc1cnc[nH]1)C(=O)N[C@@H](C)C(=O)N[C@@H](C)C(N)=O. The number of carboxylic acid groups (broad SMARTS) is 1. The Kier molecular flexibility index (Phi) is 22.1. The third-order valence-electron chi connectivity index (χ3n) is 10.1. The van der Waals surface area contributed by atoms with E-state index in [2.05, 4.69) is 52.2 Å². The topological polar surface area (TPSA) is 398 Å². The Morgan fingerprint density at radius 3 is 1.76 bits per heavy atom. The van der Waals surface area contributed by atoms with Crippen molar-refractivity contribution in [3.8, 4) is 0 Å². The number of rotatable bonds is 29. The molecule has 1 aromatic carbocycles. The molecule has 3 rings (SSSR count). The number of nitrogens with one attached hydrogen (secondary N) is 9. The molecule has 3 aromatic rings. The number of para-hydroxylation sites is 1. The summed E-state index contributed by atoms with van der Waals surface area (Å²) in [5.74, 6) is -8.86. The van der Waals surface area contributed by atoms with Crippen molar-refractivity contribution in [3.05, 3.63) is 54.2 Å². The zero-order valence-corrected chi connectivity index (χ0v) is 39.0. The molecule has 2 aromatic heterocycles. The predicted octanol–water partition coefficient (Wildman–Crippen LogP) is -3.22. The fraction of sp³-hybridized carbons (Fsp3) is 0.488. The van der Waals surface area contributed by atoms with E-state index in [4.69, 9.17) is 17.2 Å². The summed E-state index contributed by atoms with van der Waals surface area (Å²) < 4.78 is 0. The first-order valence-corrected chi connectivity index (χ1v) is 23.7. The van der Waals surface area contributed by atoms with E-state index in [0.717, 1.165) is 0 Å². The number of aliphatic carboxylic acids is 1. The van der Waals surface area contributed by atoms with Crippen LogP contribution in [0.3, 0.4) is 0 Å². The Hall–Kier alpha value is -6.67. The summed E-state index contributed by atoms with van der Waals surface area (Å²) in [6.07, 6.45) is 6.02. The van der Waals surface area contributed by atoms with Gasteiger partial charge in [-0.2, -0.15) is 23.5 Å². The summed E-state index contributed by atoms with van der Waals surface area (Å²) >= 11 is 2.74. The quantitative estimate of drug-likeness (QED) is 0.0326. The highest BCUT2D eigenvalue weighted by atomic mass is 32.2. The normalized spacial score (nSPS) is 14.6. The number of fused-ring (bicyclic) bond motifs is 1. The lowest BCUT2D eigenvalue weighted by Crippen LogP contribution is -2.61. The lowest BCUT2D eigenvalue weighted by molar-refractivity contribution is -0.141. The van der Waals surface area contributed by atoms with Crippen LogP contribution in [0.15, 0.2) is 43.0 Å². The maximum atomic E-state index is 14.2. The van der Waals surface area contributed by atoms with E-state index in [1.54, 1.807) is 43.0 Å². The number of thioether (sulfide) groups is 2. The molecule has 0 radical (unpaired) electrons. The number of aromatic amines is 2. The molecule has 366 valence electrons. The highest BCUT2D eigenvalue weighted by Gasteiger charge is 2.35. The van der Waals surface area contributed by atoms with E-state index in [1.165, 1.54) is 49.9 Å². The molecule has 67 heavy (non-hydrogen) atoms. The number of nitrogens with two attached hydrogens (primary N) is 3. The number of nitrogens with zero attached hydrogens (tertiary/aromatic N) is 1. The number of aromatic nitrogens is 3. The molecule has 0 aliphatic heterocycles. The molecule has 0 fully saturated rings. The Morgan fingerprint density at radius 1 is 0.642 bits per heavy atom. The van der Waals surface area contributed by atoms with Gasteiger partial charge in [0.15, 0.2) is 0 Å². The number of benzene rings is 1. The second kappa shape index (κ2) is 27.1. The third-order valence-corrected chi connectivity index (χ3v) is 11.4. The summed E-state index contributed by atoms with van der Waals surface area (Å²) in [6.45, 7) is 2.70. The smallest absolute Gasteiger partial charge is 0.305 e. The van der Waals surface area contributed by atoms with Crippen molar-refractivity contribution in [1.82, 2.24) is 52.2 Å². The van der Waals surface area contributed by atoms with Gasteiger partial charge in [0.1, 0.15) is 42.3 Å². The van der Waals surface area contributed by atoms with Crippen LogP contribution in [0.4, 0.5) is 0 Å². The number of hydrogen-bond acceptors (Lipinski definition) is 14. The lowest BCUT2D eigenvalue weighted by Gasteiger charge is -2.27. The van der Waals surface area contributed by atoms with Gasteiger partial charge < -0.3 is 69.5 Å². The molecule has 8 atom stereocenters. The van der Waals surface area contributed by atoms with Gasteiger partial charge in [0.2, 0.25) is 53.2 Å². The van der Waals surface area contributed by atoms with Crippen LogP contribution in [0.1, 0.15) is 50.8 Å². The molecule has 0 aliphatic carbocycles. The standard InChI is InChI=1S/C41H59N13O11S2/c1-20(34(44)58)48-35(59)21(2)49-38(62)29(14-23-18-45-19-47-23)53-37(61)27(10-12-67-4)50-40(64)30(15-32(43)55)54-39(63)28(13-22-17-46-26-8-6-5-7-24(22)26)52-41(65)31(16-33(56)57)51-36(60)25(42)9-11-66-3/h5-8,17-21,25,27-31,46H,9-16,42H2,1-4H3,(H2,43,55)(H2,44,58)(H,45,47)(H,48,59)(H,49,62)(H,50,64)(H,51,60)(H,52,65)(H,53,61)(H,54,63)(H,56,57)/t20-,21-,25-,27-,28-,29-,30-,31-/m0/s1. The van der Waals surface area contributed by atoms with Gasteiger partial charge in [-0.25, -0.2) is 4.98 Å². The molecule has 26 heteroatoms. The monoisotopic (exact) mass is 973 g/mol. The molecule has 0 saturated heterocycles. The largest absolute Gasteiger partial charge is 0.481 e. The number of carboxylic acids is 1. The maximum Gasteiger partial charge on any atom is 0.305 e. The number of carbonyl (C=O) groups excluding carboxylic acids is 9. The second-order valence-electron chi connectivity index (χ2n) is 15.5. The summed E-state index contributed by atoms with van der Waals surface area (Å²) in [4.78, 5) is 141. The van der Waals surface area contributed by atoms with Gasteiger partial charge in [0.25, 0.3) is 0 Å². The number of primary amides is 2. The molecule has 2 heterocycles. The van der Waals surface area contributed by atoms with E-state index in [-0.39, 0.29) is 25.7 Å². The molecule has 0 saturated carbocycles. The minimum Gasteiger partial charge on any atom is -0.481 e. The van der Waals surface area contributed by atoms with Gasteiger partial charge in [0.05, 0.1) is 25.2 Å². The summed E-state index contributed by atoms with van der Waals surface area (Å²) in [6, 6.07) is -4.03. The molecule has 0 unspecified atom stereocenters. The average Bonchev–Trinajstić information content (AvgIpc) is 3.95. The fourth-order valence-corrected chi connectivity index (χ4v) is 7.35. The number of H-pyrrole nitrogens is 2. The molecule has 16 N–H and O–H groups in total. The van der Waals surface area contributed by atoms with Crippen molar-refractivity contribution in [2.75, 3.05) is 24.0 Å². The van der Waals surface area contributed by atoms with Crippen LogP contribution in [0.25, 0.3) is 10.9 Å². The Balaban J connectivity index is 1.91. The van der Waals surface area contributed by atoms with Crippen molar-refractivity contribution in [1.29, 1.82) is 0 Å². The molecule has 0 spiro atoms. The molecular weight excluding hydrogens is 915 g/mol. The first-order valence-electron chi connectivity index (χ1n) is 20.9. The van der Waals surface area contributed by atoms with E-state index >= 15 is 0 Å². The van der Waals surface area contributed by atoms with Gasteiger partial charge in [-0.05, 0) is 62.3 Å². The summed E-state index contributed by atoms with van der Waals surface area (Å²) in [5, 5.41) is 27.5. The molecular formula is C41H59N13O11S2. The van der Waals surface area contributed by atoms with Gasteiger partial charge >= 0.3 is 5.97 Å². The van der Waals surface area contributed by atoms with Crippen LogP contribution in [0.5, 0.6) is 0 Å². The maximum absolute atomic E-state index is 14.2. The number of amides is 9. The van der Waals surface area contributed by atoms with Crippen LogP contribution in [0, 0.1) is 0 Å². The van der Waals surface area contributed by atoms with Gasteiger partial charge in [-0.1, -0.05) is 18.2 Å². The Bertz CT molecular complexity index is 2230. The van der Waals surface area contributed by atoms with Crippen LogP contribution in [-0.2, 0) is 60.8 Å². The molecule has 9 amide bonds. The van der Waals surface area contributed by atoms with E-state index < -0.39 is 120 Å². The molecule has 0 bridgehead atoms. The predicted molar refractivity (Wildman–Crippen MR) is 248 cm³/mol. The second-order valence-corrected chi connectivity index (χ2v) is 17.4. The third kappa shape index (κ3) is 17.9. The van der Waals surface area contributed by atoms with Crippen LogP contribution in [-0.4, -0.2) is 152 Å². The van der Waals surface area contributed by atoms with Gasteiger partial charge in [-0.3, -0.25) is 47.9 Å². The highest BCUT2D eigenvalue weighted by Crippen LogP contribution is 2.20. The van der Waals surface area contributed by atoms with E-state index in [0.29, 0.717) is 33.7 Å². The van der Waals surface area contributed by atoms with Crippen LogP contribution >= 0.6 is 23.5 Å². The summed E-state index contributed by atoms with van der Waals surface area (Å²) in [7, 11) is 0. The van der Waals surface area contributed by atoms with Crippen LogP contribution < -0.4 is 54.4 Å². The van der Waals surface area contributed by atoms with Crippen LogP contribution in [0.2, 0.25) is 0 Å². The number of hydrogen-bond donors (Lipinski definition) is 13. The Labute approximate surface area is 393 Å². The fourth-order valence-electron chi connectivity index (χ4n) is 6.39. The highest BCUT2D eigenvalue weighted by molar-refractivity contribution is 7.98. The summed E-state index contributed by atoms with van der Waals surface area (Å²) in [5.41, 5.74) is 18.3. The van der Waals surface area contributed by atoms with Crippen molar-refractivity contribution in [2.24, 2.45) is 17.2 Å². The minimum atomic E-state index is -1.74. The zero-order chi connectivity index (χ0) is 49.8. The van der Waals surface area contributed by atoms with E-state index in [1.807, 2.05) is 0 Å². The number of imidazole rings is 1. The Morgan fingerprint density at radius 2 is 1.16 bits per heavy atom. The van der Waals surface area contributed by atoms with Gasteiger partial charge in [-0.15, -0.1) is 0 Å². The molecule has 24 nitrogen and oxygen atoms in total. The molecule has 0 aliphatic rings. The number of carbonyl (C=O) groups is 10. The zero-order valence-electron chi connectivity index (χ0n) is 37.3. The van der Waals surface area contributed by atoms with Crippen molar-refractivity contribution < 1.29 is 53.1 Å². The average molecular weight is 974 g/mol. The first-order chi connectivity index (χ1) is 31.7. The lowest BCUT2D eigenvalue weighted by atomic mass is 10.0. The van der Waals surface area contributed by atoms with Crippen molar-refractivity contribution >= 4 is 93.6 Å².